The predicted octanol–water partition coefficient (Wildman–Crippen LogP) is 1.33. The SMILES string of the molecule is [2H]C([2H])([2H])NC(C)C([2H])(O)c1ccccc1. The molecule has 66 valence electrons. The summed E-state index contributed by atoms with van der Waals surface area (Å²) in [5.41, 5.74) is 0.360. The van der Waals surface area contributed by atoms with Gasteiger partial charge in [-0.3, -0.25) is 0 Å². The Kier molecular flexibility index (Phi) is 1.76. The summed E-state index contributed by atoms with van der Waals surface area (Å²) in [6, 6.07) is 7.42. The van der Waals surface area contributed by atoms with Crippen LogP contribution in [-0.2, 0) is 0 Å². The highest BCUT2D eigenvalue weighted by Gasteiger charge is 2.12. The average Bonchev–Trinajstić information content (AvgIpc) is 2.16. The normalized spacial score (nSPS) is 24.2. The lowest BCUT2D eigenvalue weighted by Gasteiger charge is -2.17. The van der Waals surface area contributed by atoms with Crippen molar-refractivity contribution in [3.63, 3.8) is 0 Å². The maximum absolute atomic E-state index is 9.97. The molecule has 0 saturated carbocycles. The van der Waals surface area contributed by atoms with E-state index in [0.29, 0.717) is 5.56 Å². The van der Waals surface area contributed by atoms with Crippen LogP contribution in [0.15, 0.2) is 30.3 Å². The monoisotopic (exact) mass is 169 g/mol. The number of nitrogens with one attached hydrogen (secondary N) is 1. The van der Waals surface area contributed by atoms with E-state index in [1.165, 1.54) is 6.92 Å². The average molecular weight is 169 g/mol. The van der Waals surface area contributed by atoms with Gasteiger partial charge in [0.2, 0.25) is 0 Å². The first-order valence-electron chi connectivity index (χ1n) is 5.79. The van der Waals surface area contributed by atoms with Crippen molar-refractivity contribution in [1.29, 1.82) is 0 Å². The molecule has 0 spiro atoms. The molecule has 1 aromatic carbocycles. The Labute approximate surface area is 78.9 Å². The van der Waals surface area contributed by atoms with Crippen LogP contribution in [0, 0.1) is 0 Å². The van der Waals surface area contributed by atoms with Gasteiger partial charge >= 0.3 is 0 Å². The number of hydrogen-bond donors (Lipinski definition) is 2. The van der Waals surface area contributed by atoms with Gasteiger partial charge in [-0.2, -0.15) is 0 Å². The maximum atomic E-state index is 9.97. The minimum absolute atomic E-state index is 0.360. The van der Waals surface area contributed by atoms with Gasteiger partial charge in [-0.1, -0.05) is 30.3 Å². The highest BCUT2D eigenvalue weighted by atomic mass is 16.3. The summed E-state index contributed by atoms with van der Waals surface area (Å²) >= 11 is 0. The summed E-state index contributed by atoms with van der Waals surface area (Å²) in [7, 11) is 0. The fourth-order valence-corrected chi connectivity index (χ4v) is 0.927. The molecule has 0 radical (unpaired) electrons. The number of likely N-dealkylation sites (N-methyl/N-ethyl adjacent to an activating group) is 1. The molecule has 0 aromatic heterocycles. The minimum Gasteiger partial charge on any atom is -0.387 e. The quantitative estimate of drug-likeness (QED) is 0.715. The molecule has 12 heavy (non-hydrogen) atoms. The first-order chi connectivity index (χ1) is 7.23. The molecule has 2 nitrogen and oxygen atoms in total. The van der Waals surface area contributed by atoms with Crippen molar-refractivity contribution in [3.8, 4) is 0 Å². The van der Waals surface area contributed by atoms with Crippen LogP contribution in [0.3, 0.4) is 0 Å². The van der Waals surface area contributed by atoms with Gasteiger partial charge in [0.1, 0.15) is 0 Å². The van der Waals surface area contributed by atoms with Crippen LogP contribution in [0.1, 0.15) is 24.1 Å². The zero-order valence-corrected chi connectivity index (χ0v) is 6.91. The van der Waals surface area contributed by atoms with Crippen molar-refractivity contribution in [2.75, 3.05) is 6.98 Å². The van der Waals surface area contributed by atoms with E-state index in [-0.39, 0.29) is 0 Å². The fourth-order valence-electron chi connectivity index (χ4n) is 0.927. The van der Waals surface area contributed by atoms with E-state index >= 15 is 0 Å². The number of hydrogen-bond acceptors (Lipinski definition) is 2. The van der Waals surface area contributed by atoms with Crippen molar-refractivity contribution in [1.82, 2.24) is 5.32 Å². The summed E-state index contributed by atoms with van der Waals surface area (Å²) < 4.78 is 28.9. The molecule has 2 N–H and O–H groups in total. The predicted molar refractivity (Wildman–Crippen MR) is 49.9 cm³/mol. The van der Waals surface area contributed by atoms with Gasteiger partial charge in [0.05, 0.1) is 7.45 Å². The van der Waals surface area contributed by atoms with Crippen molar-refractivity contribution in [2.24, 2.45) is 0 Å². The van der Waals surface area contributed by atoms with Crippen molar-refractivity contribution >= 4 is 0 Å². The third-order valence-corrected chi connectivity index (χ3v) is 1.70. The molecule has 0 fully saturated rings. The molecule has 0 bridgehead atoms. The molecule has 0 aliphatic heterocycles. The van der Waals surface area contributed by atoms with Gasteiger partial charge in [0, 0.05) is 10.2 Å². The molecule has 1 rings (SSSR count). The Morgan fingerprint density at radius 1 is 1.50 bits per heavy atom. The molecule has 0 saturated heterocycles. The highest BCUT2D eigenvalue weighted by molar-refractivity contribution is 5.18. The first kappa shape index (κ1) is 5.00. The molecule has 0 aliphatic carbocycles. The second-order valence-electron chi connectivity index (χ2n) is 2.62. The van der Waals surface area contributed by atoms with Gasteiger partial charge in [-0.15, -0.1) is 0 Å². The summed E-state index contributed by atoms with van der Waals surface area (Å²) in [5, 5.41) is 12.2. The van der Waals surface area contributed by atoms with Gasteiger partial charge in [0.25, 0.3) is 0 Å². The summed E-state index contributed by atoms with van der Waals surface area (Å²) in [5.74, 6) is 0. The van der Waals surface area contributed by atoms with E-state index in [1.807, 2.05) is 0 Å². The van der Waals surface area contributed by atoms with E-state index in [1.54, 1.807) is 30.3 Å². The lowest BCUT2D eigenvalue weighted by atomic mass is 10.0. The van der Waals surface area contributed by atoms with E-state index in [4.69, 9.17) is 5.48 Å². The summed E-state index contributed by atoms with van der Waals surface area (Å²) in [6.07, 6.45) is -1.96. The van der Waals surface area contributed by atoms with Crippen LogP contribution < -0.4 is 5.32 Å². The highest BCUT2D eigenvalue weighted by Crippen LogP contribution is 2.15. The van der Waals surface area contributed by atoms with Crippen LogP contribution in [0.5, 0.6) is 0 Å². The third-order valence-electron chi connectivity index (χ3n) is 1.70. The van der Waals surface area contributed by atoms with Gasteiger partial charge in [-0.25, -0.2) is 0 Å². The Bertz CT molecular complexity index is 336. The Morgan fingerprint density at radius 3 is 2.75 bits per heavy atom. The minimum atomic E-state index is -2.37. The topological polar surface area (TPSA) is 32.3 Å². The number of benzene rings is 1. The van der Waals surface area contributed by atoms with Crippen molar-refractivity contribution in [3.05, 3.63) is 35.9 Å². The first-order valence-corrected chi connectivity index (χ1v) is 3.79. The summed E-state index contributed by atoms with van der Waals surface area (Å²) in [4.78, 5) is 0. The molecule has 1 aromatic rings. The Morgan fingerprint density at radius 2 is 2.17 bits per heavy atom. The largest absolute Gasteiger partial charge is 0.387 e. The number of rotatable bonds is 3. The smallest absolute Gasteiger partial charge is 0.0940 e. The lowest BCUT2D eigenvalue weighted by molar-refractivity contribution is 0.140. The van der Waals surface area contributed by atoms with E-state index < -0.39 is 19.1 Å². The maximum Gasteiger partial charge on any atom is 0.0940 e. The lowest BCUT2D eigenvalue weighted by Crippen LogP contribution is -2.28. The summed E-state index contributed by atoms with van der Waals surface area (Å²) in [6.45, 7) is -0.907. The molecule has 2 atom stereocenters. The molecular formula is C10H15NO. The van der Waals surface area contributed by atoms with Gasteiger partial charge < -0.3 is 10.4 Å². The van der Waals surface area contributed by atoms with Crippen LogP contribution in [0.2, 0.25) is 0 Å². The standard InChI is InChI=1S/C10H15NO/c1-8(11-2)10(12)9-6-4-3-5-7-9/h3-8,10-12H,1-2H3/i2D3,10D. The van der Waals surface area contributed by atoms with Crippen molar-refractivity contribution in [2.45, 2.75) is 19.0 Å². The molecule has 2 heteroatoms. The molecule has 0 aliphatic rings. The zero-order chi connectivity index (χ0) is 12.4. The Hall–Kier alpha value is -0.860. The van der Waals surface area contributed by atoms with E-state index in [0.717, 1.165) is 0 Å². The third kappa shape index (κ3) is 2.06. The van der Waals surface area contributed by atoms with Gasteiger partial charge in [-0.05, 0) is 19.5 Å². The molecular weight excluding hydrogens is 150 g/mol. The van der Waals surface area contributed by atoms with Crippen LogP contribution in [0.25, 0.3) is 0 Å². The molecule has 0 heterocycles. The number of aliphatic hydroxyl groups is 1. The van der Waals surface area contributed by atoms with E-state index in [2.05, 4.69) is 5.32 Å². The molecule has 0 amide bonds. The molecule has 2 unspecified atom stereocenters. The Balaban J connectivity index is 2.86. The van der Waals surface area contributed by atoms with Crippen LogP contribution in [0.4, 0.5) is 0 Å². The zero-order valence-electron chi connectivity index (χ0n) is 10.9. The van der Waals surface area contributed by atoms with Gasteiger partial charge in [0.15, 0.2) is 0 Å². The van der Waals surface area contributed by atoms with Crippen LogP contribution in [-0.4, -0.2) is 18.1 Å². The van der Waals surface area contributed by atoms with Crippen LogP contribution >= 0.6 is 0 Å². The second-order valence-corrected chi connectivity index (χ2v) is 2.62. The second kappa shape index (κ2) is 4.24. The van der Waals surface area contributed by atoms with Crippen molar-refractivity contribution < 1.29 is 10.6 Å². The fraction of sp³-hybridized carbons (Fsp3) is 0.400. The van der Waals surface area contributed by atoms with E-state index in [9.17, 15) is 5.11 Å².